The van der Waals surface area contributed by atoms with Gasteiger partial charge in [0.05, 0.1) is 24.9 Å². The first-order valence-corrected chi connectivity index (χ1v) is 6.71. The summed E-state index contributed by atoms with van der Waals surface area (Å²) >= 11 is 0. The van der Waals surface area contributed by atoms with Gasteiger partial charge in [0.25, 0.3) is 0 Å². The Labute approximate surface area is 118 Å². The highest BCUT2D eigenvalue weighted by molar-refractivity contribution is 5.83. The molecule has 2 aromatic rings. The van der Waals surface area contributed by atoms with E-state index in [1.807, 2.05) is 42.5 Å². The number of hydrogen-bond acceptors (Lipinski definition) is 4. The highest BCUT2D eigenvalue weighted by atomic mass is 16.3. The fraction of sp³-hybridized carbons (Fsp3) is 0.375. The van der Waals surface area contributed by atoms with E-state index in [-0.39, 0.29) is 19.8 Å². The molecule has 0 aromatic heterocycles. The largest absolute Gasteiger partial charge is 0.394 e. The first kappa shape index (κ1) is 14.9. The minimum Gasteiger partial charge on any atom is -0.394 e. The second kappa shape index (κ2) is 6.33. The summed E-state index contributed by atoms with van der Waals surface area (Å²) in [5, 5.41) is 33.8. The first-order valence-electron chi connectivity index (χ1n) is 6.71. The maximum atomic E-state index is 10.2. The molecule has 0 heterocycles. The molecule has 2 rings (SSSR count). The van der Waals surface area contributed by atoms with Crippen LogP contribution in [0.5, 0.6) is 0 Å². The van der Waals surface area contributed by atoms with E-state index in [1.54, 1.807) is 6.92 Å². The van der Waals surface area contributed by atoms with Crippen LogP contribution in [0.15, 0.2) is 42.5 Å². The standard InChI is InChI=1S/C16H21NO3/c1-16(10-18,11-19)17-9-15(20)14-7-6-12-4-2-3-5-13(12)8-14/h2-8,15,17-20H,9-11H2,1H3/t15-/m1/s1. The van der Waals surface area contributed by atoms with Crippen LogP contribution in [0.1, 0.15) is 18.6 Å². The van der Waals surface area contributed by atoms with Crippen molar-refractivity contribution >= 4 is 10.8 Å². The van der Waals surface area contributed by atoms with Crippen molar-refractivity contribution in [2.75, 3.05) is 19.8 Å². The molecule has 0 fully saturated rings. The lowest BCUT2D eigenvalue weighted by Gasteiger charge is -2.27. The minimum atomic E-state index is -0.780. The average molecular weight is 275 g/mol. The van der Waals surface area contributed by atoms with Gasteiger partial charge in [0, 0.05) is 6.54 Å². The van der Waals surface area contributed by atoms with Gasteiger partial charge in [0.1, 0.15) is 0 Å². The lowest BCUT2D eigenvalue weighted by molar-refractivity contribution is 0.0846. The van der Waals surface area contributed by atoms with Crippen molar-refractivity contribution in [2.45, 2.75) is 18.6 Å². The van der Waals surface area contributed by atoms with Crippen molar-refractivity contribution in [3.63, 3.8) is 0 Å². The molecule has 0 radical (unpaired) electrons. The number of aliphatic hydroxyl groups is 3. The van der Waals surface area contributed by atoms with Gasteiger partial charge in [-0.1, -0.05) is 36.4 Å². The van der Waals surface area contributed by atoms with Crippen LogP contribution in [-0.2, 0) is 0 Å². The Bertz CT molecular complexity index is 566. The van der Waals surface area contributed by atoms with Gasteiger partial charge in [-0.3, -0.25) is 0 Å². The van der Waals surface area contributed by atoms with Crippen molar-refractivity contribution in [2.24, 2.45) is 0 Å². The zero-order valence-corrected chi connectivity index (χ0v) is 11.6. The topological polar surface area (TPSA) is 72.7 Å². The molecule has 0 aliphatic heterocycles. The summed E-state index contributed by atoms with van der Waals surface area (Å²) < 4.78 is 0. The molecule has 108 valence electrons. The first-order chi connectivity index (χ1) is 9.58. The van der Waals surface area contributed by atoms with Gasteiger partial charge in [-0.2, -0.15) is 0 Å². The molecular formula is C16H21NO3. The fourth-order valence-electron chi connectivity index (χ4n) is 2.04. The maximum absolute atomic E-state index is 10.2. The van der Waals surface area contributed by atoms with Gasteiger partial charge in [-0.15, -0.1) is 0 Å². The minimum absolute atomic E-state index is 0.187. The number of β-amino-alcohol motifs (C(OH)–C–C–N with tert-alkyl or cyclic N) is 1. The van der Waals surface area contributed by atoms with Crippen molar-refractivity contribution in [1.82, 2.24) is 5.32 Å². The van der Waals surface area contributed by atoms with Crippen LogP contribution in [0.25, 0.3) is 10.8 Å². The average Bonchev–Trinajstić information content (AvgIpc) is 2.51. The molecule has 0 unspecified atom stereocenters. The lowest BCUT2D eigenvalue weighted by Crippen LogP contribution is -2.50. The monoisotopic (exact) mass is 275 g/mol. The Morgan fingerprint density at radius 2 is 1.70 bits per heavy atom. The van der Waals surface area contributed by atoms with Crippen LogP contribution in [-0.4, -0.2) is 40.6 Å². The third kappa shape index (κ3) is 3.35. The molecule has 0 saturated carbocycles. The number of hydrogen-bond donors (Lipinski definition) is 4. The van der Waals surface area contributed by atoms with E-state index in [0.717, 1.165) is 16.3 Å². The normalized spacial score (nSPS) is 13.6. The number of benzene rings is 2. The summed E-state index contributed by atoms with van der Waals surface area (Å²) in [6, 6.07) is 13.8. The van der Waals surface area contributed by atoms with Gasteiger partial charge in [-0.05, 0) is 29.3 Å². The number of fused-ring (bicyclic) bond motifs is 1. The second-order valence-corrected chi connectivity index (χ2v) is 5.38. The molecule has 0 aliphatic carbocycles. The van der Waals surface area contributed by atoms with Gasteiger partial charge < -0.3 is 20.6 Å². The van der Waals surface area contributed by atoms with Gasteiger partial charge >= 0.3 is 0 Å². The van der Waals surface area contributed by atoms with E-state index in [2.05, 4.69) is 5.32 Å². The maximum Gasteiger partial charge on any atom is 0.0914 e. The lowest BCUT2D eigenvalue weighted by atomic mass is 10.0. The number of rotatable bonds is 6. The highest BCUT2D eigenvalue weighted by Gasteiger charge is 2.22. The summed E-state index contributed by atoms with van der Waals surface area (Å²) in [6.45, 7) is 1.61. The molecule has 0 saturated heterocycles. The van der Waals surface area contributed by atoms with Crippen molar-refractivity contribution in [3.05, 3.63) is 48.0 Å². The van der Waals surface area contributed by atoms with Crippen LogP contribution in [0.2, 0.25) is 0 Å². The molecule has 4 heteroatoms. The Balaban J connectivity index is 2.09. The predicted octanol–water partition coefficient (Wildman–Crippen LogP) is 1.21. The Morgan fingerprint density at radius 1 is 1.05 bits per heavy atom. The predicted molar refractivity (Wildman–Crippen MR) is 79.5 cm³/mol. The van der Waals surface area contributed by atoms with Crippen molar-refractivity contribution in [3.8, 4) is 0 Å². The summed E-state index contributed by atoms with van der Waals surface area (Å²) in [5.41, 5.74) is 0.0344. The Kier molecular flexibility index (Phi) is 4.73. The van der Waals surface area contributed by atoms with Gasteiger partial charge in [0.2, 0.25) is 0 Å². The van der Waals surface area contributed by atoms with E-state index in [0.29, 0.717) is 0 Å². The second-order valence-electron chi connectivity index (χ2n) is 5.38. The van der Waals surface area contributed by atoms with E-state index < -0.39 is 11.6 Å². The summed E-state index contributed by atoms with van der Waals surface area (Å²) in [4.78, 5) is 0. The van der Waals surface area contributed by atoms with E-state index in [4.69, 9.17) is 0 Å². The summed E-state index contributed by atoms with van der Waals surface area (Å²) in [5.74, 6) is 0. The van der Waals surface area contributed by atoms with Crippen LogP contribution in [0.4, 0.5) is 0 Å². The van der Waals surface area contributed by atoms with E-state index >= 15 is 0 Å². The highest BCUT2D eigenvalue weighted by Crippen LogP contribution is 2.20. The molecular weight excluding hydrogens is 254 g/mol. The molecule has 0 bridgehead atoms. The smallest absolute Gasteiger partial charge is 0.0914 e. The van der Waals surface area contributed by atoms with Crippen molar-refractivity contribution in [1.29, 1.82) is 0 Å². The molecule has 1 atom stereocenters. The zero-order valence-electron chi connectivity index (χ0n) is 11.6. The fourth-order valence-corrected chi connectivity index (χ4v) is 2.04. The van der Waals surface area contributed by atoms with Crippen LogP contribution in [0.3, 0.4) is 0 Å². The third-order valence-corrected chi connectivity index (χ3v) is 3.58. The molecule has 2 aromatic carbocycles. The summed E-state index contributed by atoms with van der Waals surface area (Å²) in [6.07, 6.45) is -0.683. The third-order valence-electron chi connectivity index (χ3n) is 3.58. The molecule has 0 aliphatic rings. The Morgan fingerprint density at radius 3 is 2.35 bits per heavy atom. The molecule has 4 N–H and O–H groups in total. The molecule has 20 heavy (non-hydrogen) atoms. The molecule has 0 amide bonds. The molecule has 4 nitrogen and oxygen atoms in total. The summed E-state index contributed by atoms with van der Waals surface area (Å²) in [7, 11) is 0. The van der Waals surface area contributed by atoms with Crippen LogP contribution >= 0.6 is 0 Å². The zero-order chi connectivity index (χ0) is 14.6. The van der Waals surface area contributed by atoms with Gasteiger partial charge in [0.15, 0.2) is 0 Å². The van der Waals surface area contributed by atoms with E-state index in [1.165, 1.54) is 0 Å². The molecule has 0 spiro atoms. The van der Waals surface area contributed by atoms with Crippen molar-refractivity contribution < 1.29 is 15.3 Å². The van der Waals surface area contributed by atoms with E-state index in [9.17, 15) is 15.3 Å². The quantitative estimate of drug-likeness (QED) is 0.639. The van der Waals surface area contributed by atoms with Gasteiger partial charge in [-0.25, -0.2) is 0 Å². The number of nitrogens with one attached hydrogen (secondary N) is 1. The van der Waals surface area contributed by atoms with Crippen LogP contribution < -0.4 is 5.32 Å². The number of aliphatic hydroxyl groups excluding tert-OH is 3. The Hall–Kier alpha value is -1.46. The SMILES string of the molecule is CC(CO)(CO)NC[C@@H](O)c1ccc2ccccc2c1. The van der Waals surface area contributed by atoms with Crippen LogP contribution in [0, 0.1) is 0 Å².